The Kier molecular flexibility index (Phi) is 3.05. The van der Waals surface area contributed by atoms with Gasteiger partial charge in [-0.2, -0.15) is 0 Å². The summed E-state index contributed by atoms with van der Waals surface area (Å²) >= 11 is 2.17. The van der Waals surface area contributed by atoms with E-state index in [0.717, 1.165) is 3.57 Å². The smallest absolute Gasteiger partial charge is 0.290 e. The Labute approximate surface area is 100 Å². The maximum atomic E-state index is 10.4. The lowest BCUT2D eigenvalue weighted by molar-refractivity contribution is 0.109. The lowest BCUT2D eigenvalue weighted by Gasteiger charge is -2.03. The zero-order chi connectivity index (χ0) is 10.7. The highest BCUT2D eigenvalue weighted by Gasteiger charge is 2.05. The molecule has 0 aliphatic carbocycles. The van der Waals surface area contributed by atoms with Crippen LogP contribution < -0.4 is 4.74 Å². The van der Waals surface area contributed by atoms with E-state index < -0.39 is 0 Å². The molecule has 0 saturated heterocycles. The summed E-state index contributed by atoms with van der Waals surface area (Å²) in [4.78, 5) is 10.4. The summed E-state index contributed by atoms with van der Waals surface area (Å²) in [7, 11) is 0. The van der Waals surface area contributed by atoms with Crippen molar-refractivity contribution in [2.24, 2.45) is 0 Å². The number of halogens is 1. The molecule has 0 N–H and O–H groups in total. The molecule has 0 aliphatic heterocycles. The minimum atomic E-state index is 0.260. The predicted molar refractivity (Wildman–Crippen MR) is 63.3 cm³/mol. The Bertz CT molecular complexity index is 476. The molecule has 0 radical (unpaired) electrons. The molecular formula is C11H7IO3. The molecule has 0 amide bonds. The number of carbonyl (C=O) groups is 1. The van der Waals surface area contributed by atoms with E-state index in [1.54, 1.807) is 12.1 Å². The van der Waals surface area contributed by atoms with E-state index in [4.69, 9.17) is 9.15 Å². The monoisotopic (exact) mass is 314 g/mol. The molecule has 0 unspecified atom stereocenters. The van der Waals surface area contributed by atoms with Crippen LogP contribution in [0.15, 0.2) is 40.8 Å². The van der Waals surface area contributed by atoms with Gasteiger partial charge in [0.05, 0.1) is 3.57 Å². The van der Waals surface area contributed by atoms with Crippen LogP contribution in [0, 0.1) is 3.57 Å². The van der Waals surface area contributed by atoms with Gasteiger partial charge in [-0.3, -0.25) is 4.79 Å². The van der Waals surface area contributed by atoms with Crippen molar-refractivity contribution in [3.05, 3.63) is 45.7 Å². The molecule has 0 saturated carbocycles. The molecule has 76 valence electrons. The SMILES string of the molecule is O=Cc1ccc(Oc2ccccc2I)o1. The highest BCUT2D eigenvalue weighted by Crippen LogP contribution is 2.27. The van der Waals surface area contributed by atoms with Crippen molar-refractivity contribution in [1.29, 1.82) is 0 Å². The van der Waals surface area contributed by atoms with E-state index in [1.165, 1.54) is 0 Å². The zero-order valence-corrected chi connectivity index (χ0v) is 9.80. The molecule has 1 aromatic heterocycles. The van der Waals surface area contributed by atoms with Crippen LogP contribution in [0.3, 0.4) is 0 Å². The molecule has 0 fully saturated rings. The highest BCUT2D eigenvalue weighted by molar-refractivity contribution is 14.1. The third kappa shape index (κ3) is 2.38. The van der Waals surface area contributed by atoms with E-state index in [9.17, 15) is 4.79 Å². The Balaban J connectivity index is 2.22. The summed E-state index contributed by atoms with van der Waals surface area (Å²) in [5, 5.41) is 0. The van der Waals surface area contributed by atoms with Crippen LogP contribution in [0.4, 0.5) is 0 Å². The van der Waals surface area contributed by atoms with Gasteiger partial charge in [-0.25, -0.2) is 0 Å². The Morgan fingerprint density at radius 1 is 1.20 bits per heavy atom. The molecule has 4 heteroatoms. The van der Waals surface area contributed by atoms with Gasteiger partial charge in [0.2, 0.25) is 0 Å². The maximum Gasteiger partial charge on any atom is 0.290 e. The largest absolute Gasteiger partial charge is 0.425 e. The van der Waals surface area contributed by atoms with E-state index in [2.05, 4.69) is 22.6 Å². The normalized spacial score (nSPS) is 9.93. The van der Waals surface area contributed by atoms with Crippen LogP contribution in [0.5, 0.6) is 11.7 Å². The number of rotatable bonds is 3. The van der Waals surface area contributed by atoms with Crippen molar-refractivity contribution in [3.63, 3.8) is 0 Å². The minimum Gasteiger partial charge on any atom is -0.425 e. The molecular weight excluding hydrogens is 307 g/mol. The number of hydrogen-bond donors (Lipinski definition) is 0. The zero-order valence-electron chi connectivity index (χ0n) is 7.64. The Hall–Kier alpha value is -1.30. The average Bonchev–Trinajstić information content (AvgIpc) is 2.69. The second-order valence-corrected chi connectivity index (χ2v) is 3.97. The van der Waals surface area contributed by atoms with Gasteiger partial charge in [0, 0.05) is 6.07 Å². The second-order valence-electron chi connectivity index (χ2n) is 2.81. The van der Waals surface area contributed by atoms with Gasteiger partial charge < -0.3 is 9.15 Å². The molecule has 1 heterocycles. The first-order valence-corrected chi connectivity index (χ1v) is 5.35. The van der Waals surface area contributed by atoms with Crippen molar-refractivity contribution >= 4 is 28.9 Å². The molecule has 0 bridgehead atoms. The minimum absolute atomic E-state index is 0.260. The molecule has 3 nitrogen and oxygen atoms in total. The van der Waals surface area contributed by atoms with Crippen LogP contribution in [-0.4, -0.2) is 6.29 Å². The summed E-state index contributed by atoms with van der Waals surface area (Å²) in [6.45, 7) is 0. The summed E-state index contributed by atoms with van der Waals surface area (Å²) in [6.07, 6.45) is 0.642. The molecule has 0 atom stereocenters. The Morgan fingerprint density at radius 3 is 2.67 bits per heavy atom. The number of aldehydes is 1. The first-order chi connectivity index (χ1) is 7.29. The molecule has 0 spiro atoms. The van der Waals surface area contributed by atoms with Crippen LogP contribution in [0.1, 0.15) is 10.6 Å². The van der Waals surface area contributed by atoms with Crippen molar-refractivity contribution in [2.75, 3.05) is 0 Å². The third-order valence-corrected chi connectivity index (χ3v) is 2.66. The van der Waals surface area contributed by atoms with Crippen LogP contribution in [0.25, 0.3) is 0 Å². The van der Waals surface area contributed by atoms with E-state index in [1.807, 2.05) is 24.3 Å². The number of para-hydroxylation sites is 1. The summed E-state index contributed by atoms with van der Waals surface area (Å²) < 4.78 is 11.5. The van der Waals surface area contributed by atoms with Crippen molar-refractivity contribution in [1.82, 2.24) is 0 Å². The fourth-order valence-electron chi connectivity index (χ4n) is 1.09. The van der Waals surface area contributed by atoms with Gasteiger partial charge in [-0.1, -0.05) is 12.1 Å². The van der Waals surface area contributed by atoms with Gasteiger partial charge in [0.1, 0.15) is 5.75 Å². The molecule has 1 aromatic carbocycles. The fraction of sp³-hybridized carbons (Fsp3) is 0. The summed E-state index contributed by atoms with van der Waals surface area (Å²) in [5.41, 5.74) is 0. The van der Waals surface area contributed by atoms with Crippen LogP contribution >= 0.6 is 22.6 Å². The number of benzene rings is 1. The van der Waals surface area contributed by atoms with Gasteiger partial charge in [0.25, 0.3) is 5.95 Å². The standard InChI is InChI=1S/C11H7IO3/c12-9-3-1-2-4-10(9)15-11-6-5-8(7-13)14-11/h1-7H. The summed E-state index contributed by atoms with van der Waals surface area (Å²) in [5.74, 6) is 1.29. The first kappa shape index (κ1) is 10.2. The van der Waals surface area contributed by atoms with E-state index in [0.29, 0.717) is 18.0 Å². The fourth-order valence-corrected chi connectivity index (χ4v) is 1.59. The van der Waals surface area contributed by atoms with Gasteiger partial charge in [-0.05, 0) is 40.8 Å². The van der Waals surface area contributed by atoms with E-state index >= 15 is 0 Å². The lowest BCUT2D eigenvalue weighted by atomic mass is 10.3. The number of carbonyl (C=O) groups excluding carboxylic acids is 1. The quantitative estimate of drug-likeness (QED) is 0.643. The van der Waals surface area contributed by atoms with Crippen molar-refractivity contribution < 1.29 is 13.9 Å². The third-order valence-electron chi connectivity index (χ3n) is 1.77. The van der Waals surface area contributed by atoms with Crippen molar-refractivity contribution in [2.45, 2.75) is 0 Å². The second kappa shape index (κ2) is 4.48. The number of ether oxygens (including phenoxy) is 1. The van der Waals surface area contributed by atoms with Crippen molar-refractivity contribution in [3.8, 4) is 11.7 Å². The van der Waals surface area contributed by atoms with Crippen LogP contribution in [0.2, 0.25) is 0 Å². The lowest BCUT2D eigenvalue weighted by Crippen LogP contribution is -1.84. The topological polar surface area (TPSA) is 39.4 Å². The van der Waals surface area contributed by atoms with Gasteiger partial charge >= 0.3 is 0 Å². The van der Waals surface area contributed by atoms with E-state index in [-0.39, 0.29) is 5.76 Å². The predicted octanol–water partition coefficient (Wildman–Crippen LogP) is 3.49. The van der Waals surface area contributed by atoms with Gasteiger partial charge in [-0.15, -0.1) is 0 Å². The Morgan fingerprint density at radius 2 is 2.00 bits per heavy atom. The molecule has 0 aliphatic rings. The molecule has 2 rings (SSSR count). The van der Waals surface area contributed by atoms with Crippen LogP contribution in [-0.2, 0) is 0 Å². The number of furan rings is 1. The average molecular weight is 314 g/mol. The highest BCUT2D eigenvalue weighted by atomic mass is 127. The van der Waals surface area contributed by atoms with Gasteiger partial charge in [0.15, 0.2) is 12.0 Å². The number of hydrogen-bond acceptors (Lipinski definition) is 3. The maximum absolute atomic E-state index is 10.4. The summed E-state index contributed by atoms with van der Waals surface area (Å²) in [6, 6.07) is 10.8. The molecule has 15 heavy (non-hydrogen) atoms. The first-order valence-electron chi connectivity index (χ1n) is 4.27. The molecule has 2 aromatic rings.